The number of nitrogens with one attached hydrogen (secondary N) is 2. The van der Waals surface area contributed by atoms with Gasteiger partial charge in [-0.3, -0.25) is 4.79 Å². The number of carbonyl (C=O) groups excluding carboxylic acids is 1. The maximum absolute atomic E-state index is 11.9. The van der Waals surface area contributed by atoms with E-state index in [4.69, 9.17) is 16.9 Å². The molecule has 0 aliphatic rings. The summed E-state index contributed by atoms with van der Waals surface area (Å²) in [5.41, 5.74) is 2.88. The first kappa shape index (κ1) is 14.9. The van der Waals surface area contributed by atoms with E-state index in [1.807, 2.05) is 19.1 Å². The van der Waals surface area contributed by atoms with Crippen molar-refractivity contribution < 1.29 is 4.79 Å². The number of aryl methyl sites for hydroxylation is 1. The first-order chi connectivity index (χ1) is 10.1. The van der Waals surface area contributed by atoms with Gasteiger partial charge in [0.15, 0.2) is 0 Å². The molecule has 0 radical (unpaired) electrons. The summed E-state index contributed by atoms with van der Waals surface area (Å²) in [6.07, 6.45) is 0. The summed E-state index contributed by atoms with van der Waals surface area (Å²) in [4.78, 5) is 11.9. The highest BCUT2D eigenvalue weighted by Crippen LogP contribution is 2.22. The second-order valence-electron chi connectivity index (χ2n) is 4.58. The van der Waals surface area contributed by atoms with Crippen LogP contribution in [0.4, 0.5) is 11.4 Å². The lowest BCUT2D eigenvalue weighted by Crippen LogP contribution is -2.21. The summed E-state index contributed by atoms with van der Waals surface area (Å²) < 4.78 is 0. The standard InChI is InChI=1S/C16H14ClN3O/c1-11-5-6-15(14(17)7-11)20-16(21)10-19-13-4-2-3-12(8-13)9-18/h2-8,19H,10H2,1H3,(H,20,21). The van der Waals surface area contributed by atoms with Crippen LogP contribution in [-0.2, 0) is 4.79 Å². The van der Waals surface area contributed by atoms with Crippen molar-refractivity contribution in [2.75, 3.05) is 17.2 Å². The topological polar surface area (TPSA) is 64.9 Å². The van der Waals surface area contributed by atoms with Crippen molar-refractivity contribution in [2.45, 2.75) is 6.92 Å². The van der Waals surface area contributed by atoms with Gasteiger partial charge < -0.3 is 10.6 Å². The van der Waals surface area contributed by atoms with E-state index in [1.165, 1.54) is 0 Å². The highest BCUT2D eigenvalue weighted by atomic mass is 35.5. The fraction of sp³-hybridized carbons (Fsp3) is 0.125. The van der Waals surface area contributed by atoms with Gasteiger partial charge >= 0.3 is 0 Å². The molecule has 0 saturated heterocycles. The van der Waals surface area contributed by atoms with Crippen molar-refractivity contribution in [1.82, 2.24) is 0 Å². The van der Waals surface area contributed by atoms with Crippen LogP contribution in [0.25, 0.3) is 0 Å². The Morgan fingerprint density at radius 2 is 2.10 bits per heavy atom. The van der Waals surface area contributed by atoms with E-state index in [2.05, 4.69) is 10.6 Å². The SMILES string of the molecule is Cc1ccc(NC(=O)CNc2cccc(C#N)c2)c(Cl)c1. The summed E-state index contributed by atoms with van der Waals surface area (Å²) in [5, 5.41) is 15.0. The molecule has 0 atom stereocenters. The van der Waals surface area contributed by atoms with Crippen molar-refractivity contribution in [3.05, 3.63) is 58.6 Å². The molecular formula is C16H14ClN3O. The smallest absolute Gasteiger partial charge is 0.243 e. The monoisotopic (exact) mass is 299 g/mol. The summed E-state index contributed by atoms with van der Waals surface area (Å²) in [6, 6.07) is 14.4. The molecule has 21 heavy (non-hydrogen) atoms. The summed E-state index contributed by atoms with van der Waals surface area (Å²) in [6.45, 7) is 2.03. The van der Waals surface area contributed by atoms with Crippen LogP contribution in [-0.4, -0.2) is 12.5 Å². The normalized spacial score (nSPS) is 9.76. The molecule has 5 heteroatoms. The van der Waals surface area contributed by atoms with Crippen molar-refractivity contribution in [1.29, 1.82) is 5.26 Å². The molecule has 0 aliphatic carbocycles. The Morgan fingerprint density at radius 3 is 2.81 bits per heavy atom. The number of amides is 1. The quantitative estimate of drug-likeness (QED) is 0.907. The third-order valence-corrected chi connectivity index (χ3v) is 3.16. The Morgan fingerprint density at radius 1 is 1.29 bits per heavy atom. The van der Waals surface area contributed by atoms with E-state index < -0.39 is 0 Å². The van der Waals surface area contributed by atoms with E-state index in [-0.39, 0.29) is 12.5 Å². The average molecular weight is 300 g/mol. The number of carbonyl (C=O) groups is 1. The van der Waals surface area contributed by atoms with E-state index in [9.17, 15) is 4.79 Å². The highest BCUT2D eigenvalue weighted by molar-refractivity contribution is 6.33. The third kappa shape index (κ3) is 4.23. The van der Waals surface area contributed by atoms with Gasteiger partial charge in [-0.2, -0.15) is 5.26 Å². The van der Waals surface area contributed by atoms with Crippen LogP contribution in [0.15, 0.2) is 42.5 Å². The lowest BCUT2D eigenvalue weighted by Gasteiger charge is -2.09. The number of anilines is 2. The Labute approximate surface area is 128 Å². The van der Waals surface area contributed by atoms with Crippen LogP contribution in [0.1, 0.15) is 11.1 Å². The summed E-state index contributed by atoms with van der Waals surface area (Å²) in [7, 11) is 0. The van der Waals surface area contributed by atoms with Crippen LogP contribution >= 0.6 is 11.6 Å². The van der Waals surface area contributed by atoms with E-state index >= 15 is 0 Å². The van der Waals surface area contributed by atoms with Gasteiger partial charge in [-0.25, -0.2) is 0 Å². The molecule has 106 valence electrons. The molecular weight excluding hydrogens is 286 g/mol. The van der Waals surface area contributed by atoms with E-state index in [1.54, 1.807) is 36.4 Å². The molecule has 4 nitrogen and oxygen atoms in total. The van der Waals surface area contributed by atoms with Gasteiger partial charge in [-0.1, -0.05) is 23.7 Å². The zero-order chi connectivity index (χ0) is 15.2. The molecule has 2 rings (SSSR count). The molecule has 0 heterocycles. The third-order valence-electron chi connectivity index (χ3n) is 2.84. The maximum atomic E-state index is 11.9. The predicted octanol–water partition coefficient (Wildman–Crippen LogP) is 3.57. The Bertz CT molecular complexity index is 707. The number of hydrogen-bond acceptors (Lipinski definition) is 3. The Hall–Kier alpha value is -2.51. The number of nitrogens with zero attached hydrogens (tertiary/aromatic N) is 1. The van der Waals surface area contributed by atoms with Crippen molar-refractivity contribution >= 4 is 28.9 Å². The molecule has 1 amide bonds. The number of hydrogen-bond donors (Lipinski definition) is 2. The largest absolute Gasteiger partial charge is 0.376 e. The number of rotatable bonds is 4. The highest BCUT2D eigenvalue weighted by Gasteiger charge is 2.06. The fourth-order valence-corrected chi connectivity index (χ4v) is 2.08. The van der Waals surface area contributed by atoms with Crippen LogP contribution < -0.4 is 10.6 Å². The fourth-order valence-electron chi connectivity index (χ4n) is 1.80. The molecule has 0 fully saturated rings. The van der Waals surface area contributed by atoms with Crippen molar-refractivity contribution in [2.24, 2.45) is 0 Å². The zero-order valence-corrected chi connectivity index (χ0v) is 12.2. The predicted molar refractivity (Wildman–Crippen MR) is 84.5 cm³/mol. The van der Waals surface area contributed by atoms with Crippen LogP contribution in [0, 0.1) is 18.3 Å². The minimum atomic E-state index is -0.205. The average Bonchev–Trinajstić information content (AvgIpc) is 2.48. The molecule has 0 aromatic heterocycles. The minimum absolute atomic E-state index is 0.0963. The molecule has 0 saturated carbocycles. The first-order valence-electron chi connectivity index (χ1n) is 6.38. The van der Waals surface area contributed by atoms with Crippen molar-refractivity contribution in [3.63, 3.8) is 0 Å². The minimum Gasteiger partial charge on any atom is -0.376 e. The van der Waals surface area contributed by atoms with Gasteiger partial charge in [0.1, 0.15) is 0 Å². The van der Waals surface area contributed by atoms with Gasteiger partial charge in [-0.05, 0) is 42.8 Å². The van der Waals surface area contributed by atoms with Gasteiger partial charge in [0.25, 0.3) is 0 Å². The maximum Gasteiger partial charge on any atom is 0.243 e. The summed E-state index contributed by atoms with van der Waals surface area (Å²) in [5.74, 6) is -0.205. The van der Waals surface area contributed by atoms with E-state index in [0.717, 1.165) is 11.3 Å². The van der Waals surface area contributed by atoms with Gasteiger partial charge in [0.2, 0.25) is 5.91 Å². The molecule has 2 N–H and O–H groups in total. The number of benzene rings is 2. The molecule has 0 aliphatic heterocycles. The first-order valence-corrected chi connectivity index (χ1v) is 6.76. The van der Waals surface area contributed by atoms with Crippen LogP contribution in [0.5, 0.6) is 0 Å². The molecule has 0 unspecified atom stereocenters. The number of nitriles is 1. The zero-order valence-electron chi connectivity index (χ0n) is 11.5. The molecule has 0 spiro atoms. The second-order valence-corrected chi connectivity index (χ2v) is 4.98. The number of halogens is 1. The van der Waals surface area contributed by atoms with Crippen LogP contribution in [0.3, 0.4) is 0 Å². The van der Waals surface area contributed by atoms with Gasteiger partial charge in [0.05, 0.1) is 28.9 Å². The van der Waals surface area contributed by atoms with Gasteiger partial charge in [0, 0.05) is 5.69 Å². The lowest BCUT2D eigenvalue weighted by atomic mass is 10.2. The molecule has 2 aromatic carbocycles. The van der Waals surface area contributed by atoms with Gasteiger partial charge in [-0.15, -0.1) is 0 Å². The van der Waals surface area contributed by atoms with E-state index in [0.29, 0.717) is 16.3 Å². The lowest BCUT2D eigenvalue weighted by molar-refractivity contribution is -0.114. The van der Waals surface area contributed by atoms with Crippen LogP contribution in [0.2, 0.25) is 5.02 Å². The summed E-state index contributed by atoms with van der Waals surface area (Å²) >= 11 is 6.06. The van der Waals surface area contributed by atoms with Crippen molar-refractivity contribution in [3.8, 4) is 6.07 Å². The second kappa shape index (κ2) is 6.78. The molecule has 2 aromatic rings. The Balaban J connectivity index is 1.94. The molecule has 0 bridgehead atoms. The Kier molecular flexibility index (Phi) is 4.81.